The van der Waals surface area contributed by atoms with E-state index in [-0.39, 0.29) is 25.3 Å². The van der Waals surface area contributed by atoms with Gasteiger partial charge in [0, 0.05) is 31.5 Å². The third-order valence-corrected chi connectivity index (χ3v) is 3.77. The van der Waals surface area contributed by atoms with Gasteiger partial charge in [-0.3, -0.25) is 9.59 Å². The molecule has 1 amide bonds. The van der Waals surface area contributed by atoms with Crippen molar-refractivity contribution >= 4 is 11.9 Å². The lowest BCUT2D eigenvalue weighted by Gasteiger charge is -2.19. The van der Waals surface area contributed by atoms with Crippen LogP contribution in [0.3, 0.4) is 0 Å². The lowest BCUT2D eigenvalue weighted by molar-refractivity contribution is -0.138. The number of aliphatic carboxylic acids is 1. The van der Waals surface area contributed by atoms with E-state index >= 15 is 0 Å². The topological polar surface area (TPSA) is 106 Å². The van der Waals surface area contributed by atoms with Crippen molar-refractivity contribution in [3.63, 3.8) is 0 Å². The number of carboxylic acids is 1. The molecular formula is C18H23N3O5. The molecule has 2 rings (SSSR count). The normalized spacial score (nSPS) is 10.5. The highest BCUT2D eigenvalue weighted by molar-refractivity contribution is 5.77. The molecule has 0 aliphatic heterocycles. The molecule has 0 aliphatic carbocycles. The first-order valence-electron chi connectivity index (χ1n) is 8.58. The predicted molar refractivity (Wildman–Crippen MR) is 93.7 cm³/mol. The highest BCUT2D eigenvalue weighted by atomic mass is 16.5. The maximum absolute atomic E-state index is 12.2. The average molecular weight is 361 g/mol. The molecule has 0 atom stereocenters. The Kier molecular flexibility index (Phi) is 7.13. The Hall–Kier alpha value is -2.90. The van der Waals surface area contributed by atoms with Gasteiger partial charge in [0.15, 0.2) is 0 Å². The average Bonchev–Trinajstić information content (AvgIpc) is 3.10. The third-order valence-electron chi connectivity index (χ3n) is 3.77. The summed E-state index contributed by atoms with van der Waals surface area (Å²) in [7, 11) is 0. The first-order chi connectivity index (χ1) is 12.5. The lowest BCUT2D eigenvalue weighted by Crippen LogP contribution is -2.33. The molecule has 0 saturated carbocycles. The molecule has 1 N–H and O–H groups in total. The van der Waals surface area contributed by atoms with E-state index < -0.39 is 5.97 Å². The summed E-state index contributed by atoms with van der Waals surface area (Å²) in [5.74, 6) is 0.541. The van der Waals surface area contributed by atoms with Gasteiger partial charge >= 0.3 is 5.97 Å². The number of amides is 1. The molecular weight excluding hydrogens is 338 g/mol. The monoisotopic (exact) mass is 361 g/mol. The number of aryl methyl sites for hydroxylation is 1. The largest absolute Gasteiger partial charge is 0.494 e. The summed E-state index contributed by atoms with van der Waals surface area (Å²) in [5.41, 5.74) is 0.798. The number of benzene rings is 1. The number of nitrogens with zero attached hydrogens (tertiary/aromatic N) is 3. The second-order valence-electron chi connectivity index (χ2n) is 5.59. The lowest BCUT2D eigenvalue weighted by atomic mass is 10.2. The van der Waals surface area contributed by atoms with Gasteiger partial charge in [0.2, 0.25) is 17.6 Å². The fourth-order valence-electron chi connectivity index (χ4n) is 2.40. The summed E-state index contributed by atoms with van der Waals surface area (Å²) in [6, 6.07) is 7.35. The van der Waals surface area contributed by atoms with Crippen molar-refractivity contribution in [3.8, 4) is 17.1 Å². The van der Waals surface area contributed by atoms with Crippen LogP contribution in [-0.4, -0.2) is 51.7 Å². The summed E-state index contributed by atoms with van der Waals surface area (Å²) in [6.07, 6.45) is 0.437. The van der Waals surface area contributed by atoms with Gasteiger partial charge in [-0.25, -0.2) is 0 Å². The van der Waals surface area contributed by atoms with E-state index in [1.807, 2.05) is 38.1 Å². The number of hydrogen-bond donors (Lipinski definition) is 1. The minimum Gasteiger partial charge on any atom is -0.494 e. The quantitative estimate of drug-likeness (QED) is 0.692. The predicted octanol–water partition coefficient (Wildman–Crippen LogP) is 2.39. The summed E-state index contributed by atoms with van der Waals surface area (Å²) >= 11 is 0. The van der Waals surface area contributed by atoms with Crippen LogP contribution in [0.1, 0.15) is 32.6 Å². The molecule has 0 fully saturated rings. The zero-order valence-corrected chi connectivity index (χ0v) is 15.0. The molecule has 0 bridgehead atoms. The Balaban J connectivity index is 1.91. The number of hydrogen-bond acceptors (Lipinski definition) is 6. The van der Waals surface area contributed by atoms with Crippen LogP contribution in [0.5, 0.6) is 5.75 Å². The minimum absolute atomic E-state index is 0.0674. The van der Waals surface area contributed by atoms with Gasteiger partial charge in [0.1, 0.15) is 5.75 Å². The van der Waals surface area contributed by atoms with Crippen molar-refractivity contribution in [2.24, 2.45) is 0 Å². The van der Waals surface area contributed by atoms with Crippen LogP contribution in [0, 0.1) is 0 Å². The van der Waals surface area contributed by atoms with E-state index in [0.717, 1.165) is 11.3 Å². The maximum Gasteiger partial charge on any atom is 0.305 e. The molecule has 1 aromatic carbocycles. The van der Waals surface area contributed by atoms with Gasteiger partial charge in [-0.2, -0.15) is 4.98 Å². The number of carboxylic acid groups (broad SMARTS) is 1. The molecule has 8 nitrogen and oxygen atoms in total. The third kappa shape index (κ3) is 5.58. The Morgan fingerprint density at radius 1 is 1.19 bits per heavy atom. The van der Waals surface area contributed by atoms with Crippen LogP contribution in [0.4, 0.5) is 0 Å². The minimum atomic E-state index is -0.923. The molecule has 8 heteroatoms. The number of carbonyl (C=O) groups is 2. The number of carbonyl (C=O) groups excluding carboxylic acids is 1. The maximum atomic E-state index is 12.2. The SMILES string of the molecule is CCOc1ccc(-c2noc(CCC(=O)N(CC)CCC(=O)O)n2)cc1. The second kappa shape index (κ2) is 9.55. The highest BCUT2D eigenvalue weighted by Crippen LogP contribution is 2.20. The number of rotatable bonds is 10. The van der Waals surface area contributed by atoms with E-state index in [1.165, 1.54) is 4.90 Å². The Morgan fingerprint density at radius 3 is 2.54 bits per heavy atom. The molecule has 0 saturated heterocycles. The molecule has 0 unspecified atom stereocenters. The summed E-state index contributed by atoms with van der Waals surface area (Å²) in [6.45, 7) is 5.00. The van der Waals surface area contributed by atoms with E-state index in [1.54, 1.807) is 0 Å². The Labute approximate surface area is 151 Å². The van der Waals surface area contributed by atoms with Gasteiger partial charge in [-0.05, 0) is 38.1 Å². The first-order valence-corrected chi connectivity index (χ1v) is 8.58. The molecule has 0 spiro atoms. The van der Waals surface area contributed by atoms with Gasteiger partial charge in [-0.1, -0.05) is 5.16 Å². The molecule has 26 heavy (non-hydrogen) atoms. The van der Waals surface area contributed by atoms with Crippen LogP contribution < -0.4 is 4.74 Å². The zero-order valence-electron chi connectivity index (χ0n) is 15.0. The molecule has 140 valence electrons. The van der Waals surface area contributed by atoms with Crippen molar-refractivity contribution in [1.29, 1.82) is 0 Å². The molecule has 1 heterocycles. The van der Waals surface area contributed by atoms with Crippen molar-refractivity contribution in [1.82, 2.24) is 15.0 Å². The fraction of sp³-hybridized carbons (Fsp3) is 0.444. The molecule has 0 aliphatic rings. The van der Waals surface area contributed by atoms with E-state index in [9.17, 15) is 9.59 Å². The first kappa shape index (κ1) is 19.4. The van der Waals surface area contributed by atoms with Gasteiger partial charge in [0.25, 0.3) is 0 Å². The molecule has 1 aromatic heterocycles. The van der Waals surface area contributed by atoms with E-state index in [2.05, 4.69) is 10.1 Å². The van der Waals surface area contributed by atoms with Gasteiger partial charge in [0.05, 0.1) is 13.0 Å². The molecule has 2 aromatic rings. The van der Waals surface area contributed by atoms with Crippen molar-refractivity contribution in [2.45, 2.75) is 33.1 Å². The summed E-state index contributed by atoms with van der Waals surface area (Å²) in [5, 5.41) is 12.7. The highest BCUT2D eigenvalue weighted by Gasteiger charge is 2.15. The van der Waals surface area contributed by atoms with Crippen molar-refractivity contribution < 1.29 is 24.0 Å². The van der Waals surface area contributed by atoms with Crippen LogP contribution in [0.2, 0.25) is 0 Å². The van der Waals surface area contributed by atoms with E-state index in [4.69, 9.17) is 14.4 Å². The van der Waals surface area contributed by atoms with Gasteiger partial charge < -0.3 is 19.3 Å². The van der Waals surface area contributed by atoms with Crippen molar-refractivity contribution in [3.05, 3.63) is 30.2 Å². The number of aromatic nitrogens is 2. The van der Waals surface area contributed by atoms with Crippen LogP contribution >= 0.6 is 0 Å². The second-order valence-corrected chi connectivity index (χ2v) is 5.59. The van der Waals surface area contributed by atoms with Crippen LogP contribution in [0.25, 0.3) is 11.4 Å². The Morgan fingerprint density at radius 2 is 1.92 bits per heavy atom. The standard InChI is InChI=1S/C18H23N3O5/c1-3-21(12-11-17(23)24)16(22)10-9-15-19-18(20-26-15)13-5-7-14(8-6-13)25-4-2/h5-8H,3-4,9-12H2,1-2H3,(H,23,24). The zero-order chi connectivity index (χ0) is 18.9. The van der Waals surface area contributed by atoms with Gasteiger partial charge in [-0.15, -0.1) is 0 Å². The summed E-state index contributed by atoms with van der Waals surface area (Å²) < 4.78 is 10.6. The smallest absolute Gasteiger partial charge is 0.305 e. The van der Waals surface area contributed by atoms with Crippen molar-refractivity contribution in [2.75, 3.05) is 19.7 Å². The molecule has 0 radical (unpaired) electrons. The van der Waals surface area contributed by atoms with Crippen LogP contribution in [0.15, 0.2) is 28.8 Å². The Bertz CT molecular complexity index is 727. The fourth-order valence-corrected chi connectivity index (χ4v) is 2.40. The van der Waals surface area contributed by atoms with E-state index in [0.29, 0.717) is 31.3 Å². The van der Waals surface area contributed by atoms with Crippen LogP contribution in [-0.2, 0) is 16.0 Å². The number of ether oxygens (including phenoxy) is 1. The summed E-state index contributed by atoms with van der Waals surface area (Å²) in [4.78, 5) is 28.6.